The summed E-state index contributed by atoms with van der Waals surface area (Å²) in [5, 5.41) is 27.5. The van der Waals surface area contributed by atoms with Gasteiger partial charge in [-0.05, 0) is 29.8 Å². The Morgan fingerprint density at radius 1 is 1.25 bits per heavy atom. The first-order chi connectivity index (χ1) is 11.6. The predicted octanol–water partition coefficient (Wildman–Crippen LogP) is 3.57. The molecule has 1 amide bonds. The van der Waals surface area contributed by atoms with Crippen LogP contribution < -0.4 is 5.32 Å². The molecule has 0 saturated carbocycles. The molecule has 0 unspecified atom stereocenters. The fourth-order valence-electron chi connectivity index (χ4n) is 2.33. The number of anilines is 1. The van der Waals surface area contributed by atoms with Gasteiger partial charge in [-0.25, -0.2) is 0 Å². The number of amides is 1. The number of hydrogen-bond acceptors (Lipinski definition) is 5. The van der Waals surface area contributed by atoms with Crippen LogP contribution in [0.5, 0.6) is 0 Å². The van der Waals surface area contributed by atoms with Crippen LogP contribution in [-0.4, -0.2) is 16.2 Å². The molecule has 2 N–H and O–H groups in total. The zero-order valence-corrected chi connectivity index (χ0v) is 12.8. The normalized spacial score (nSPS) is 11.7. The molecule has 0 aliphatic rings. The number of aryl methyl sites for hydroxylation is 1. The maximum absolute atomic E-state index is 12.3. The molecule has 0 aliphatic heterocycles. The second-order valence-corrected chi connectivity index (χ2v) is 5.15. The highest BCUT2D eigenvalue weighted by atomic mass is 16.5. The maximum atomic E-state index is 12.3. The molecule has 1 heterocycles. The summed E-state index contributed by atoms with van der Waals surface area (Å²) in [6.07, 6.45) is 1.26. The van der Waals surface area contributed by atoms with Crippen LogP contribution >= 0.6 is 0 Å². The topological polar surface area (TPSA) is 99.2 Å². The van der Waals surface area contributed by atoms with Crippen LogP contribution in [0.3, 0.4) is 0 Å². The molecule has 0 spiro atoms. The van der Waals surface area contributed by atoms with E-state index in [9.17, 15) is 15.2 Å². The first-order valence-corrected chi connectivity index (χ1v) is 7.15. The molecule has 118 valence electrons. The number of nitrogens with zero attached hydrogens (tertiary/aromatic N) is 2. The average Bonchev–Trinajstić information content (AvgIpc) is 3.01. The predicted molar refractivity (Wildman–Crippen MR) is 89.0 cm³/mol. The van der Waals surface area contributed by atoms with Gasteiger partial charge in [-0.2, -0.15) is 5.26 Å². The third-order valence-electron chi connectivity index (χ3n) is 3.59. The van der Waals surface area contributed by atoms with Gasteiger partial charge in [-0.1, -0.05) is 35.5 Å². The SMILES string of the molecule is Cc1oncc1/C(O)=C(\C#N)C(=O)Nc1ccc2ccccc2c1. The molecule has 1 aromatic heterocycles. The summed E-state index contributed by atoms with van der Waals surface area (Å²) < 4.78 is 4.84. The molecule has 0 saturated heterocycles. The number of benzene rings is 2. The molecule has 0 bridgehead atoms. The Hall–Kier alpha value is -3.59. The molecule has 6 heteroatoms. The summed E-state index contributed by atoms with van der Waals surface area (Å²) in [5.74, 6) is -0.848. The summed E-state index contributed by atoms with van der Waals surface area (Å²) in [4.78, 5) is 12.3. The standard InChI is InChI=1S/C18H13N3O3/c1-11-16(10-20-24-11)17(22)15(9-19)18(23)21-14-7-6-12-4-2-3-5-13(12)8-14/h2-8,10,22H,1H3,(H,21,23)/b17-15-. The van der Waals surface area contributed by atoms with E-state index in [-0.39, 0.29) is 5.56 Å². The molecule has 3 aromatic rings. The highest BCUT2D eigenvalue weighted by Crippen LogP contribution is 2.22. The molecule has 2 aromatic carbocycles. The van der Waals surface area contributed by atoms with Crippen LogP contribution in [0.25, 0.3) is 16.5 Å². The molecule has 0 aliphatic carbocycles. The fraction of sp³-hybridized carbons (Fsp3) is 0.0556. The van der Waals surface area contributed by atoms with Crippen LogP contribution in [0.4, 0.5) is 5.69 Å². The van der Waals surface area contributed by atoms with E-state index in [0.717, 1.165) is 10.8 Å². The number of rotatable bonds is 3. The average molecular weight is 319 g/mol. The Morgan fingerprint density at radius 2 is 2.00 bits per heavy atom. The lowest BCUT2D eigenvalue weighted by Crippen LogP contribution is -2.15. The van der Waals surface area contributed by atoms with Crippen molar-refractivity contribution in [3.63, 3.8) is 0 Å². The number of fused-ring (bicyclic) bond motifs is 1. The van der Waals surface area contributed by atoms with Crippen molar-refractivity contribution in [2.45, 2.75) is 6.92 Å². The molecule has 0 atom stereocenters. The van der Waals surface area contributed by atoms with Crippen LogP contribution in [0.15, 0.2) is 58.8 Å². The van der Waals surface area contributed by atoms with Gasteiger partial charge in [0.25, 0.3) is 5.91 Å². The summed E-state index contributed by atoms with van der Waals surface area (Å²) in [5.41, 5.74) is 0.330. The number of nitrogens with one attached hydrogen (secondary N) is 1. The van der Waals surface area contributed by atoms with Gasteiger partial charge in [0.2, 0.25) is 0 Å². The van der Waals surface area contributed by atoms with Gasteiger partial charge in [0.15, 0.2) is 11.3 Å². The molecule has 3 rings (SSSR count). The van der Waals surface area contributed by atoms with E-state index in [4.69, 9.17) is 4.52 Å². The first kappa shape index (κ1) is 15.3. The number of nitriles is 1. The number of aliphatic hydroxyl groups is 1. The van der Waals surface area contributed by atoms with Gasteiger partial charge in [0.05, 0.1) is 11.8 Å². The molecule has 24 heavy (non-hydrogen) atoms. The van der Waals surface area contributed by atoms with E-state index in [1.807, 2.05) is 30.3 Å². The quantitative estimate of drug-likeness (QED) is 0.437. The molecule has 0 fully saturated rings. The van der Waals surface area contributed by atoms with Crippen molar-refractivity contribution in [1.82, 2.24) is 5.16 Å². The van der Waals surface area contributed by atoms with Crippen molar-refractivity contribution in [2.75, 3.05) is 5.32 Å². The van der Waals surface area contributed by atoms with Gasteiger partial charge in [0, 0.05) is 5.69 Å². The lowest BCUT2D eigenvalue weighted by molar-refractivity contribution is -0.112. The van der Waals surface area contributed by atoms with Gasteiger partial charge in [0.1, 0.15) is 11.8 Å². The van der Waals surface area contributed by atoms with Crippen molar-refractivity contribution < 1.29 is 14.4 Å². The summed E-state index contributed by atoms with van der Waals surface area (Å²) in [7, 11) is 0. The second-order valence-electron chi connectivity index (χ2n) is 5.15. The second kappa shape index (κ2) is 6.26. The zero-order valence-electron chi connectivity index (χ0n) is 12.8. The Kier molecular flexibility index (Phi) is 4.00. The number of carbonyl (C=O) groups is 1. The fourth-order valence-corrected chi connectivity index (χ4v) is 2.33. The van der Waals surface area contributed by atoms with Crippen LogP contribution in [0.1, 0.15) is 11.3 Å². The highest BCUT2D eigenvalue weighted by Gasteiger charge is 2.20. The Morgan fingerprint density at radius 3 is 2.67 bits per heavy atom. The minimum absolute atomic E-state index is 0.209. The number of aliphatic hydroxyl groups excluding tert-OH is 1. The van der Waals surface area contributed by atoms with Gasteiger partial charge >= 0.3 is 0 Å². The third kappa shape index (κ3) is 2.83. The summed E-state index contributed by atoms with van der Waals surface area (Å²) >= 11 is 0. The molecule has 0 radical (unpaired) electrons. The van der Waals surface area contributed by atoms with Crippen molar-refractivity contribution >= 4 is 28.1 Å². The molecule has 6 nitrogen and oxygen atoms in total. The first-order valence-electron chi connectivity index (χ1n) is 7.15. The molecular weight excluding hydrogens is 306 g/mol. The van der Waals surface area contributed by atoms with E-state index in [2.05, 4.69) is 10.5 Å². The van der Waals surface area contributed by atoms with E-state index in [1.54, 1.807) is 25.1 Å². The van der Waals surface area contributed by atoms with Gasteiger partial charge < -0.3 is 14.9 Å². The zero-order chi connectivity index (χ0) is 17.1. The third-order valence-corrected chi connectivity index (χ3v) is 3.59. The molecular formula is C18H13N3O3. The monoisotopic (exact) mass is 319 g/mol. The Labute approximate surface area is 137 Å². The van der Waals surface area contributed by atoms with E-state index >= 15 is 0 Å². The van der Waals surface area contributed by atoms with E-state index in [0.29, 0.717) is 11.4 Å². The minimum Gasteiger partial charge on any atom is -0.506 e. The number of aromatic nitrogens is 1. The number of hydrogen-bond donors (Lipinski definition) is 2. The van der Waals surface area contributed by atoms with Crippen molar-refractivity contribution in [1.29, 1.82) is 5.26 Å². The van der Waals surface area contributed by atoms with Crippen LogP contribution in [-0.2, 0) is 4.79 Å². The summed E-state index contributed by atoms with van der Waals surface area (Å²) in [6, 6.07) is 14.8. The number of carbonyl (C=O) groups excluding carboxylic acids is 1. The van der Waals surface area contributed by atoms with Gasteiger partial charge in [-0.15, -0.1) is 0 Å². The van der Waals surface area contributed by atoms with E-state index < -0.39 is 17.2 Å². The van der Waals surface area contributed by atoms with Crippen molar-refractivity contribution in [3.05, 3.63) is 65.6 Å². The highest BCUT2D eigenvalue weighted by molar-refractivity contribution is 6.11. The Bertz CT molecular complexity index is 996. The summed E-state index contributed by atoms with van der Waals surface area (Å²) in [6.45, 7) is 1.58. The minimum atomic E-state index is -0.703. The lowest BCUT2D eigenvalue weighted by Gasteiger charge is -2.07. The lowest BCUT2D eigenvalue weighted by atomic mass is 10.1. The Balaban J connectivity index is 1.92. The van der Waals surface area contributed by atoms with Crippen LogP contribution in [0.2, 0.25) is 0 Å². The van der Waals surface area contributed by atoms with Gasteiger partial charge in [-0.3, -0.25) is 4.79 Å². The van der Waals surface area contributed by atoms with E-state index in [1.165, 1.54) is 6.20 Å². The smallest absolute Gasteiger partial charge is 0.270 e. The largest absolute Gasteiger partial charge is 0.506 e. The maximum Gasteiger partial charge on any atom is 0.270 e. The van der Waals surface area contributed by atoms with Crippen molar-refractivity contribution in [3.8, 4) is 6.07 Å². The van der Waals surface area contributed by atoms with Crippen molar-refractivity contribution in [2.24, 2.45) is 0 Å². The van der Waals surface area contributed by atoms with Crippen LogP contribution in [0, 0.1) is 18.3 Å².